The molecule has 0 amide bonds. The van der Waals surface area contributed by atoms with Gasteiger partial charge in [-0.1, -0.05) is 22.9 Å². The quantitative estimate of drug-likeness (QED) is 0.519. The van der Waals surface area contributed by atoms with E-state index in [4.69, 9.17) is 8.83 Å². The van der Waals surface area contributed by atoms with Gasteiger partial charge in [-0.15, -0.1) is 0 Å². The predicted octanol–water partition coefficient (Wildman–Crippen LogP) is 5.81. The van der Waals surface area contributed by atoms with Gasteiger partial charge in [-0.3, -0.25) is 0 Å². The summed E-state index contributed by atoms with van der Waals surface area (Å²) in [5.41, 5.74) is 3.39. The maximum atomic E-state index is 6.06. The van der Waals surface area contributed by atoms with E-state index >= 15 is 0 Å². The number of hydrogen-bond donors (Lipinski definition) is 0. The van der Waals surface area contributed by atoms with Crippen molar-refractivity contribution >= 4 is 26.9 Å². The van der Waals surface area contributed by atoms with Gasteiger partial charge in [0.05, 0.1) is 5.56 Å². The Hall–Kier alpha value is -1.48. The van der Waals surface area contributed by atoms with E-state index in [1.807, 2.05) is 19.1 Å². The minimum atomic E-state index is 0.507. The summed E-state index contributed by atoms with van der Waals surface area (Å²) in [4.78, 5) is 0. The molecule has 102 valence electrons. The monoisotopic (exact) mass is 330 g/mol. The average molecular weight is 331 g/mol. The molecular formula is C17H15BrO2. The highest BCUT2D eigenvalue weighted by molar-refractivity contribution is 9.10. The van der Waals surface area contributed by atoms with E-state index in [-0.39, 0.29) is 0 Å². The van der Waals surface area contributed by atoms with Crippen LogP contribution in [0.15, 0.2) is 37.6 Å². The summed E-state index contributed by atoms with van der Waals surface area (Å²) in [5, 5.41) is 1.14. The molecule has 2 nitrogen and oxygen atoms in total. The van der Waals surface area contributed by atoms with E-state index < -0.39 is 0 Å². The Bertz CT molecular complexity index is 810. The standard InChI is InChI=1S/C17H15BrO2/c1-9-3-5-15-16(17-12(9)7-10(2)19-17)13-8-11(18)4-6-14(13)20-15/h4,6-9H,3,5H2,1-2H3. The highest BCUT2D eigenvalue weighted by Crippen LogP contribution is 2.45. The molecule has 1 aliphatic rings. The van der Waals surface area contributed by atoms with Gasteiger partial charge in [0.1, 0.15) is 22.9 Å². The number of furan rings is 2. The molecule has 0 N–H and O–H groups in total. The number of aryl methyl sites for hydroxylation is 2. The Labute approximate surface area is 125 Å². The number of hydrogen-bond acceptors (Lipinski definition) is 2. The lowest BCUT2D eigenvalue weighted by Gasteiger charge is -2.06. The van der Waals surface area contributed by atoms with Gasteiger partial charge in [0.25, 0.3) is 0 Å². The first kappa shape index (κ1) is 12.3. The maximum absolute atomic E-state index is 6.06. The number of benzene rings is 1. The summed E-state index contributed by atoms with van der Waals surface area (Å²) in [6.07, 6.45) is 2.06. The normalized spacial score (nSPS) is 17.9. The van der Waals surface area contributed by atoms with Crippen LogP contribution in [0, 0.1) is 6.92 Å². The van der Waals surface area contributed by atoms with Crippen molar-refractivity contribution in [2.24, 2.45) is 0 Å². The molecular weight excluding hydrogens is 316 g/mol. The first-order valence-corrected chi connectivity index (χ1v) is 7.74. The maximum Gasteiger partial charge on any atom is 0.141 e. The smallest absolute Gasteiger partial charge is 0.141 e. The van der Waals surface area contributed by atoms with Crippen molar-refractivity contribution in [3.05, 3.63) is 45.8 Å². The number of halogens is 1. The lowest BCUT2D eigenvalue weighted by atomic mass is 9.98. The molecule has 0 radical (unpaired) electrons. The third-order valence-electron chi connectivity index (χ3n) is 4.17. The summed E-state index contributed by atoms with van der Waals surface area (Å²) in [6, 6.07) is 8.33. The van der Waals surface area contributed by atoms with Crippen molar-refractivity contribution in [2.45, 2.75) is 32.6 Å². The van der Waals surface area contributed by atoms with Crippen LogP contribution in [0.4, 0.5) is 0 Å². The van der Waals surface area contributed by atoms with E-state index in [1.54, 1.807) is 0 Å². The molecule has 3 aromatic rings. The Morgan fingerprint density at radius 1 is 1.20 bits per heavy atom. The van der Waals surface area contributed by atoms with Crippen molar-refractivity contribution in [3.63, 3.8) is 0 Å². The molecule has 2 aromatic heterocycles. The van der Waals surface area contributed by atoms with E-state index in [0.717, 1.165) is 51.1 Å². The molecule has 3 heteroatoms. The Morgan fingerprint density at radius 3 is 2.90 bits per heavy atom. The van der Waals surface area contributed by atoms with Crippen molar-refractivity contribution in [1.82, 2.24) is 0 Å². The van der Waals surface area contributed by atoms with Crippen LogP contribution in [0.1, 0.15) is 36.3 Å². The molecule has 0 saturated carbocycles. The Balaban J connectivity index is 2.10. The van der Waals surface area contributed by atoms with Crippen molar-refractivity contribution < 1.29 is 8.83 Å². The predicted molar refractivity (Wildman–Crippen MR) is 83.1 cm³/mol. The molecule has 0 bridgehead atoms. The molecule has 1 unspecified atom stereocenters. The highest BCUT2D eigenvalue weighted by Gasteiger charge is 2.28. The van der Waals surface area contributed by atoms with Gasteiger partial charge in [-0.25, -0.2) is 0 Å². The van der Waals surface area contributed by atoms with Crippen LogP contribution in [0.3, 0.4) is 0 Å². The van der Waals surface area contributed by atoms with Gasteiger partial charge in [0, 0.05) is 21.8 Å². The number of fused-ring (bicyclic) bond motifs is 5. The summed E-state index contributed by atoms with van der Waals surface area (Å²) >= 11 is 3.55. The zero-order valence-electron chi connectivity index (χ0n) is 11.5. The van der Waals surface area contributed by atoms with Gasteiger partial charge in [0.2, 0.25) is 0 Å². The second-order valence-electron chi connectivity index (χ2n) is 5.62. The minimum Gasteiger partial charge on any atom is -0.461 e. The topological polar surface area (TPSA) is 26.3 Å². The zero-order chi connectivity index (χ0) is 13.9. The molecule has 20 heavy (non-hydrogen) atoms. The van der Waals surface area contributed by atoms with Crippen LogP contribution >= 0.6 is 15.9 Å². The molecule has 1 aliphatic carbocycles. The molecule has 0 aliphatic heterocycles. The van der Waals surface area contributed by atoms with Crippen molar-refractivity contribution in [3.8, 4) is 11.3 Å². The fraction of sp³-hybridized carbons (Fsp3) is 0.294. The zero-order valence-corrected chi connectivity index (χ0v) is 13.1. The summed E-state index contributed by atoms with van der Waals surface area (Å²) in [6.45, 7) is 4.27. The third-order valence-corrected chi connectivity index (χ3v) is 4.66. The number of rotatable bonds is 0. The fourth-order valence-electron chi connectivity index (χ4n) is 3.14. The molecule has 1 atom stereocenters. The molecule has 0 fully saturated rings. The fourth-order valence-corrected chi connectivity index (χ4v) is 3.51. The van der Waals surface area contributed by atoms with Crippen LogP contribution in [-0.4, -0.2) is 0 Å². The first-order valence-electron chi connectivity index (χ1n) is 6.95. The van der Waals surface area contributed by atoms with Crippen molar-refractivity contribution in [2.75, 3.05) is 0 Å². The van der Waals surface area contributed by atoms with E-state index in [9.17, 15) is 0 Å². The van der Waals surface area contributed by atoms with Gasteiger partial charge in [-0.2, -0.15) is 0 Å². The van der Waals surface area contributed by atoms with Crippen LogP contribution in [0.25, 0.3) is 22.3 Å². The van der Waals surface area contributed by atoms with Crippen LogP contribution in [0.2, 0.25) is 0 Å². The van der Waals surface area contributed by atoms with Crippen LogP contribution in [-0.2, 0) is 6.42 Å². The van der Waals surface area contributed by atoms with Gasteiger partial charge in [-0.05, 0) is 43.5 Å². The summed E-state index contributed by atoms with van der Waals surface area (Å²) in [7, 11) is 0. The Kier molecular flexibility index (Phi) is 2.61. The minimum absolute atomic E-state index is 0.507. The van der Waals surface area contributed by atoms with E-state index in [0.29, 0.717) is 5.92 Å². The second kappa shape index (κ2) is 4.26. The summed E-state index contributed by atoms with van der Waals surface area (Å²) in [5.74, 6) is 3.53. The molecule has 0 saturated heterocycles. The van der Waals surface area contributed by atoms with E-state index in [1.165, 1.54) is 5.56 Å². The first-order chi connectivity index (χ1) is 9.63. The second-order valence-corrected chi connectivity index (χ2v) is 6.54. The average Bonchev–Trinajstić information content (AvgIpc) is 2.92. The molecule has 1 aromatic carbocycles. The molecule has 2 heterocycles. The van der Waals surface area contributed by atoms with Crippen molar-refractivity contribution in [1.29, 1.82) is 0 Å². The highest BCUT2D eigenvalue weighted by atomic mass is 79.9. The van der Waals surface area contributed by atoms with Gasteiger partial charge >= 0.3 is 0 Å². The van der Waals surface area contributed by atoms with Gasteiger partial charge in [0.15, 0.2) is 0 Å². The SMILES string of the molecule is Cc1cc2c(o1)-c1c(oc3ccc(Br)cc13)CCC2C. The summed E-state index contributed by atoms with van der Waals surface area (Å²) < 4.78 is 13.1. The largest absolute Gasteiger partial charge is 0.461 e. The Morgan fingerprint density at radius 2 is 2.05 bits per heavy atom. The van der Waals surface area contributed by atoms with Crippen LogP contribution in [0.5, 0.6) is 0 Å². The van der Waals surface area contributed by atoms with E-state index in [2.05, 4.69) is 35.0 Å². The van der Waals surface area contributed by atoms with Gasteiger partial charge < -0.3 is 8.83 Å². The molecule has 0 spiro atoms. The van der Waals surface area contributed by atoms with Crippen LogP contribution < -0.4 is 0 Å². The third kappa shape index (κ3) is 1.69. The molecule has 4 rings (SSSR count). The lowest BCUT2D eigenvalue weighted by molar-refractivity contribution is 0.526. The lowest BCUT2D eigenvalue weighted by Crippen LogP contribution is -1.91.